The highest BCUT2D eigenvalue weighted by molar-refractivity contribution is 5.76. The molecule has 5 nitrogen and oxygen atoms in total. The first-order valence-electron chi connectivity index (χ1n) is 6.57. The number of hydrogen-bond donors (Lipinski definition) is 1. The van der Waals surface area contributed by atoms with Crippen molar-refractivity contribution in [3.05, 3.63) is 30.6 Å². The number of hydrogen-bond acceptors (Lipinski definition) is 5. The second-order valence-electron chi connectivity index (χ2n) is 4.25. The predicted molar refractivity (Wildman–Crippen MR) is 79.4 cm³/mol. The van der Waals surface area contributed by atoms with Gasteiger partial charge in [0.25, 0.3) is 0 Å². The van der Waals surface area contributed by atoms with Crippen LogP contribution >= 0.6 is 0 Å². The van der Waals surface area contributed by atoms with Crippen molar-refractivity contribution >= 4 is 5.82 Å². The van der Waals surface area contributed by atoms with E-state index in [1.807, 2.05) is 18.2 Å². The fourth-order valence-corrected chi connectivity index (χ4v) is 1.90. The van der Waals surface area contributed by atoms with E-state index in [1.165, 1.54) is 0 Å². The molecule has 0 atom stereocenters. The van der Waals surface area contributed by atoms with E-state index in [1.54, 1.807) is 26.6 Å². The van der Waals surface area contributed by atoms with Crippen LogP contribution in [0, 0.1) is 0 Å². The molecule has 0 saturated carbocycles. The molecule has 0 unspecified atom stereocenters. The van der Waals surface area contributed by atoms with Crippen LogP contribution in [0.3, 0.4) is 0 Å². The molecule has 0 amide bonds. The number of nitrogens with zero attached hydrogens (tertiary/aromatic N) is 2. The minimum Gasteiger partial charge on any atom is -0.497 e. The number of ether oxygens (including phenoxy) is 2. The van der Waals surface area contributed by atoms with Gasteiger partial charge in [-0.3, -0.25) is 4.98 Å². The molecule has 0 aliphatic rings. The maximum Gasteiger partial charge on any atom is 0.152 e. The van der Waals surface area contributed by atoms with Gasteiger partial charge in [-0.1, -0.05) is 6.92 Å². The third-order valence-corrected chi connectivity index (χ3v) is 2.90. The summed E-state index contributed by atoms with van der Waals surface area (Å²) in [5.41, 5.74) is 1.67. The summed E-state index contributed by atoms with van der Waals surface area (Å²) >= 11 is 0. The number of rotatable bonds is 6. The molecule has 0 aliphatic heterocycles. The van der Waals surface area contributed by atoms with Crippen LogP contribution in [-0.2, 0) is 0 Å². The Balaban J connectivity index is 2.45. The number of aromatic nitrogens is 2. The van der Waals surface area contributed by atoms with Crippen molar-refractivity contribution in [1.29, 1.82) is 0 Å². The first-order valence-corrected chi connectivity index (χ1v) is 6.57. The summed E-state index contributed by atoms with van der Waals surface area (Å²) < 4.78 is 10.6. The first kappa shape index (κ1) is 14.1. The van der Waals surface area contributed by atoms with Gasteiger partial charge in [-0.05, 0) is 18.6 Å². The highest BCUT2D eigenvalue weighted by Crippen LogP contribution is 2.34. The third-order valence-electron chi connectivity index (χ3n) is 2.90. The van der Waals surface area contributed by atoms with Crippen molar-refractivity contribution < 1.29 is 9.47 Å². The molecule has 1 aromatic heterocycles. The van der Waals surface area contributed by atoms with Crippen molar-refractivity contribution in [3.8, 4) is 22.8 Å². The molecule has 5 heteroatoms. The zero-order valence-electron chi connectivity index (χ0n) is 12.0. The summed E-state index contributed by atoms with van der Waals surface area (Å²) in [6, 6.07) is 5.66. The number of anilines is 1. The molecule has 2 aromatic rings. The van der Waals surface area contributed by atoms with Gasteiger partial charge in [0, 0.05) is 30.6 Å². The zero-order chi connectivity index (χ0) is 14.4. The lowest BCUT2D eigenvalue weighted by Crippen LogP contribution is -2.05. The average Bonchev–Trinajstić information content (AvgIpc) is 2.52. The molecule has 2 rings (SSSR count). The van der Waals surface area contributed by atoms with Gasteiger partial charge in [0.2, 0.25) is 0 Å². The molecule has 1 N–H and O–H groups in total. The zero-order valence-corrected chi connectivity index (χ0v) is 12.0. The minimum absolute atomic E-state index is 0.712. The summed E-state index contributed by atoms with van der Waals surface area (Å²) in [5, 5.41) is 3.28. The van der Waals surface area contributed by atoms with Crippen LogP contribution in [0.4, 0.5) is 5.82 Å². The van der Waals surface area contributed by atoms with Crippen LogP contribution in [0.2, 0.25) is 0 Å². The average molecular weight is 273 g/mol. The van der Waals surface area contributed by atoms with Crippen LogP contribution in [0.15, 0.2) is 30.6 Å². The van der Waals surface area contributed by atoms with Crippen LogP contribution in [0.5, 0.6) is 11.5 Å². The van der Waals surface area contributed by atoms with E-state index in [0.717, 1.165) is 35.8 Å². The van der Waals surface area contributed by atoms with Crippen molar-refractivity contribution in [1.82, 2.24) is 9.97 Å². The minimum atomic E-state index is 0.712. The summed E-state index contributed by atoms with van der Waals surface area (Å²) in [6.45, 7) is 2.96. The summed E-state index contributed by atoms with van der Waals surface area (Å²) in [4.78, 5) is 8.77. The van der Waals surface area contributed by atoms with Gasteiger partial charge in [0.05, 0.1) is 14.2 Å². The van der Waals surface area contributed by atoms with Crippen LogP contribution in [0.1, 0.15) is 13.3 Å². The van der Waals surface area contributed by atoms with E-state index in [4.69, 9.17) is 9.47 Å². The van der Waals surface area contributed by atoms with Gasteiger partial charge in [-0.15, -0.1) is 0 Å². The molecule has 0 spiro atoms. The fourth-order valence-electron chi connectivity index (χ4n) is 1.90. The number of benzene rings is 1. The Morgan fingerprint density at radius 2 is 1.90 bits per heavy atom. The Morgan fingerprint density at radius 1 is 1.10 bits per heavy atom. The third kappa shape index (κ3) is 2.99. The predicted octanol–water partition coefficient (Wildman–Crippen LogP) is 2.98. The van der Waals surface area contributed by atoms with Gasteiger partial charge in [-0.25, -0.2) is 4.98 Å². The van der Waals surface area contributed by atoms with Crippen molar-refractivity contribution in [2.24, 2.45) is 0 Å². The molecule has 0 radical (unpaired) electrons. The van der Waals surface area contributed by atoms with Gasteiger partial charge >= 0.3 is 0 Å². The highest BCUT2D eigenvalue weighted by Gasteiger charge is 2.13. The highest BCUT2D eigenvalue weighted by atomic mass is 16.5. The van der Waals surface area contributed by atoms with Gasteiger partial charge in [-0.2, -0.15) is 0 Å². The van der Waals surface area contributed by atoms with Crippen LogP contribution < -0.4 is 14.8 Å². The summed E-state index contributed by atoms with van der Waals surface area (Å²) in [5.74, 6) is 2.22. The van der Waals surface area contributed by atoms with E-state index in [-0.39, 0.29) is 0 Å². The molecular weight excluding hydrogens is 254 g/mol. The Morgan fingerprint density at radius 3 is 2.60 bits per heavy atom. The lowest BCUT2D eigenvalue weighted by Gasteiger charge is -2.13. The van der Waals surface area contributed by atoms with Crippen molar-refractivity contribution in [3.63, 3.8) is 0 Å². The fraction of sp³-hybridized carbons (Fsp3) is 0.333. The monoisotopic (exact) mass is 273 g/mol. The van der Waals surface area contributed by atoms with Crippen molar-refractivity contribution in [2.45, 2.75) is 13.3 Å². The largest absolute Gasteiger partial charge is 0.497 e. The van der Waals surface area contributed by atoms with E-state index in [2.05, 4.69) is 22.2 Å². The molecule has 0 bridgehead atoms. The van der Waals surface area contributed by atoms with Gasteiger partial charge in [0.15, 0.2) is 5.82 Å². The number of nitrogens with one attached hydrogen (secondary N) is 1. The van der Waals surface area contributed by atoms with Crippen LogP contribution in [-0.4, -0.2) is 30.7 Å². The normalized spacial score (nSPS) is 10.2. The second kappa shape index (κ2) is 6.75. The molecule has 20 heavy (non-hydrogen) atoms. The second-order valence-corrected chi connectivity index (χ2v) is 4.25. The molecular formula is C15H19N3O2. The summed E-state index contributed by atoms with van der Waals surface area (Å²) in [7, 11) is 3.26. The van der Waals surface area contributed by atoms with E-state index >= 15 is 0 Å². The Hall–Kier alpha value is -2.30. The Bertz CT molecular complexity index is 573. The quantitative estimate of drug-likeness (QED) is 0.876. The standard InChI is InChI=1S/C15H19N3O2/c1-4-7-17-15-14(16-8-9-18-15)12-6-5-11(19-2)10-13(12)20-3/h5-6,8-10H,4,7H2,1-3H3,(H,17,18). The van der Waals surface area contributed by atoms with Crippen LogP contribution in [0.25, 0.3) is 11.3 Å². The maximum atomic E-state index is 5.43. The van der Waals surface area contributed by atoms with Gasteiger partial charge < -0.3 is 14.8 Å². The topological polar surface area (TPSA) is 56.3 Å². The molecule has 106 valence electrons. The molecule has 0 saturated heterocycles. The van der Waals surface area contributed by atoms with E-state index in [0.29, 0.717) is 5.75 Å². The molecule has 0 aliphatic carbocycles. The van der Waals surface area contributed by atoms with Crippen molar-refractivity contribution in [2.75, 3.05) is 26.1 Å². The Labute approximate surface area is 119 Å². The first-order chi connectivity index (χ1) is 9.80. The van der Waals surface area contributed by atoms with E-state index < -0.39 is 0 Å². The number of methoxy groups -OCH3 is 2. The van der Waals surface area contributed by atoms with E-state index in [9.17, 15) is 0 Å². The summed E-state index contributed by atoms with van der Waals surface area (Å²) in [6.07, 6.45) is 4.38. The van der Waals surface area contributed by atoms with Gasteiger partial charge in [0.1, 0.15) is 17.2 Å². The lowest BCUT2D eigenvalue weighted by molar-refractivity contribution is 0.395. The molecule has 1 aromatic carbocycles. The maximum absolute atomic E-state index is 5.43. The SMILES string of the molecule is CCCNc1nccnc1-c1ccc(OC)cc1OC. The lowest BCUT2D eigenvalue weighted by atomic mass is 10.1. The Kier molecular flexibility index (Phi) is 4.76. The molecule has 0 fully saturated rings. The molecule has 1 heterocycles. The smallest absolute Gasteiger partial charge is 0.152 e.